The average molecular weight is 377 g/mol. The molecule has 1 heterocycles. The smallest absolute Gasteiger partial charge is 0.338 e. The number of esters is 1. The number of nitrogens with zero attached hydrogens (tertiary/aromatic N) is 2. The predicted molar refractivity (Wildman–Crippen MR) is 104 cm³/mol. The van der Waals surface area contributed by atoms with Gasteiger partial charge in [-0.1, -0.05) is 18.2 Å². The molecule has 3 rings (SSSR count). The molecule has 0 aliphatic carbocycles. The largest absolute Gasteiger partial charge is 0.507 e. The van der Waals surface area contributed by atoms with Gasteiger partial charge >= 0.3 is 5.97 Å². The lowest BCUT2D eigenvalue weighted by Gasteiger charge is -2.14. The van der Waals surface area contributed by atoms with Gasteiger partial charge in [-0.3, -0.25) is 0 Å². The number of aryl methyl sites for hydroxylation is 1. The van der Waals surface area contributed by atoms with Crippen molar-refractivity contribution in [1.29, 1.82) is 5.26 Å². The number of aliphatic hydroxyl groups is 1. The summed E-state index contributed by atoms with van der Waals surface area (Å²) in [6.45, 7) is 3.34. The number of hydrogen-bond donors (Lipinski definition) is 2. The maximum Gasteiger partial charge on any atom is 0.338 e. The number of ether oxygens (including phenoxy) is 2. The van der Waals surface area contributed by atoms with Crippen molar-refractivity contribution < 1.29 is 19.4 Å². The van der Waals surface area contributed by atoms with Crippen molar-refractivity contribution in [2.45, 2.75) is 20.0 Å². The first-order chi connectivity index (χ1) is 13.4. The average Bonchev–Trinajstić information content (AvgIpc) is 3.12. The monoisotopic (exact) mass is 377 g/mol. The molecule has 0 unspecified atom stereocenters. The van der Waals surface area contributed by atoms with Crippen LogP contribution in [0.3, 0.4) is 0 Å². The highest BCUT2D eigenvalue weighted by molar-refractivity contribution is 5.90. The van der Waals surface area contributed by atoms with Crippen molar-refractivity contribution in [3.05, 3.63) is 65.2 Å². The van der Waals surface area contributed by atoms with Gasteiger partial charge in [0, 0.05) is 0 Å². The van der Waals surface area contributed by atoms with Gasteiger partial charge in [-0.05, 0) is 43.7 Å². The Balaban J connectivity index is 1.86. The van der Waals surface area contributed by atoms with Crippen LogP contribution in [0.15, 0.2) is 48.2 Å². The Hall–Kier alpha value is -3.79. The topological polar surface area (TPSA) is 108 Å². The molecule has 0 saturated carbocycles. The Morgan fingerprint density at radius 3 is 2.71 bits per heavy atom. The number of nitriles is 1. The van der Waals surface area contributed by atoms with E-state index in [-0.39, 0.29) is 22.7 Å². The molecule has 7 nitrogen and oxygen atoms in total. The number of rotatable bonds is 5. The number of benzene rings is 2. The summed E-state index contributed by atoms with van der Waals surface area (Å²) in [7, 11) is 1.52. The predicted octanol–water partition coefficient (Wildman–Crippen LogP) is 3.92. The molecule has 3 aromatic rings. The molecule has 2 aromatic carbocycles. The molecule has 0 fully saturated rings. The van der Waals surface area contributed by atoms with Gasteiger partial charge in [-0.2, -0.15) is 5.26 Å². The highest BCUT2D eigenvalue weighted by Gasteiger charge is 2.22. The molecule has 0 bridgehead atoms. The standard InChI is InChI=1S/C21H19N3O4/c1-12-8-9-14(10-18(12)27-3)21(26)28-13(2)19(25)15(11-22)20-23-16-6-4-5-7-17(16)24-20/h4-10,13,25H,1-3H3,(H,23,24)/b19-15-/t13-/m1/s1. The molecule has 0 aliphatic rings. The van der Waals surface area contributed by atoms with Crippen LogP contribution in [-0.2, 0) is 4.74 Å². The number of methoxy groups -OCH3 is 1. The van der Waals surface area contributed by atoms with Crippen LogP contribution in [0.4, 0.5) is 0 Å². The first-order valence-electron chi connectivity index (χ1n) is 8.58. The third kappa shape index (κ3) is 3.67. The number of hydrogen-bond acceptors (Lipinski definition) is 6. The molecule has 0 spiro atoms. The summed E-state index contributed by atoms with van der Waals surface area (Å²) >= 11 is 0. The van der Waals surface area contributed by atoms with Gasteiger partial charge in [0.1, 0.15) is 17.4 Å². The first kappa shape index (κ1) is 19.0. The molecule has 0 radical (unpaired) electrons. The minimum absolute atomic E-state index is 0.0852. The second-order valence-corrected chi connectivity index (χ2v) is 6.21. The van der Waals surface area contributed by atoms with E-state index in [0.29, 0.717) is 11.3 Å². The zero-order chi connectivity index (χ0) is 20.3. The molecule has 142 valence electrons. The molecule has 2 N–H and O–H groups in total. The van der Waals surface area contributed by atoms with Crippen molar-refractivity contribution in [2.24, 2.45) is 0 Å². The van der Waals surface area contributed by atoms with Gasteiger partial charge in [-0.15, -0.1) is 0 Å². The number of carbonyl (C=O) groups is 1. The van der Waals surface area contributed by atoms with Crippen LogP contribution >= 0.6 is 0 Å². The fraction of sp³-hybridized carbons (Fsp3) is 0.190. The number of para-hydroxylation sites is 2. The van der Waals surface area contributed by atoms with Crippen LogP contribution in [0.5, 0.6) is 5.75 Å². The third-order valence-corrected chi connectivity index (χ3v) is 4.31. The Morgan fingerprint density at radius 1 is 1.29 bits per heavy atom. The van der Waals surface area contributed by atoms with Crippen molar-refractivity contribution in [3.63, 3.8) is 0 Å². The van der Waals surface area contributed by atoms with Gasteiger partial charge in [0.05, 0.1) is 23.7 Å². The summed E-state index contributed by atoms with van der Waals surface area (Å²) in [6, 6.07) is 14.1. The summed E-state index contributed by atoms with van der Waals surface area (Å²) in [5, 5.41) is 20.0. The van der Waals surface area contributed by atoms with Crippen molar-refractivity contribution >= 4 is 22.6 Å². The Labute approximate surface area is 161 Å². The second kappa shape index (κ2) is 7.84. The first-order valence-corrected chi connectivity index (χ1v) is 8.58. The number of carbonyl (C=O) groups excluding carboxylic acids is 1. The number of imidazole rings is 1. The number of aromatic nitrogens is 2. The third-order valence-electron chi connectivity index (χ3n) is 4.31. The summed E-state index contributed by atoms with van der Waals surface area (Å²) in [5.74, 6) is -0.254. The van der Waals surface area contributed by atoms with E-state index in [1.807, 2.05) is 31.2 Å². The van der Waals surface area contributed by atoms with E-state index < -0.39 is 12.1 Å². The molecule has 1 atom stereocenters. The highest BCUT2D eigenvalue weighted by atomic mass is 16.6. The molecular formula is C21H19N3O4. The van der Waals surface area contributed by atoms with Crippen molar-refractivity contribution in [3.8, 4) is 11.8 Å². The normalized spacial score (nSPS) is 12.8. The number of aliphatic hydroxyl groups excluding tert-OH is 1. The lowest BCUT2D eigenvalue weighted by Crippen LogP contribution is -2.18. The van der Waals surface area contributed by atoms with E-state index in [2.05, 4.69) is 9.97 Å². The van der Waals surface area contributed by atoms with Gasteiger partial charge in [0.25, 0.3) is 0 Å². The summed E-state index contributed by atoms with van der Waals surface area (Å²) < 4.78 is 10.5. The number of allylic oxidation sites excluding steroid dienone is 1. The zero-order valence-corrected chi connectivity index (χ0v) is 15.7. The Bertz CT molecular complexity index is 1080. The minimum atomic E-state index is -1.04. The van der Waals surface area contributed by atoms with E-state index in [4.69, 9.17) is 9.47 Å². The number of fused-ring (bicyclic) bond motifs is 1. The van der Waals surface area contributed by atoms with Crippen LogP contribution in [0, 0.1) is 18.3 Å². The van der Waals surface area contributed by atoms with E-state index in [1.165, 1.54) is 14.0 Å². The van der Waals surface area contributed by atoms with Gasteiger partial charge < -0.3 is 19.6 Å². The molecule has 0 saturated heterocycles. The van der Waals surface area contributed by atoms with Crippen molar-refractivity contribution in [2.75, 3.05) is 7.11 Å². The molecule has 0 amide bonds. The Kier molecular flexibility index (Phi) is 5.32. The van der Waals surface area contributed by atoms with E-state index in [9.17, 15) is 15.2 Å². The molecule has 7 heteroatoms. The quantitative estimate of drug-likeness (QED) is 0.396. The maximum absolute atomic E-state index is 12.4. The van der Waals surface area contributed by atoms with Crippen molar-refractivity contribution in [1.82, 2.24) is 9.97 Å². The molecule has 28 heavy (non-hydrogen) atoms. The Morgan fingerprint density at radius 2 is 2.04 bits per heavy atom. The highest BCUT2D eigenvalue weighted by Crippen LogP contribution is 2.23. The van der Waals surface area contributed by atoms with Gasteiger partial charge in [-0.25, -0.2) is 9.78 Å². The maximum atomic E-state index is 12.4. The van der Waals surface area contributed by atoms with Crippen LogP contribution < -0.4 is 4.74 Å². The lowest BCUT2D eigenvalue weighted by molar-refractivity contribution is 0.0333. The van der Waals surface area contributed by atoms with E-state index >= 15 is 0 Å². The van der Waals surface area contributed by atoms with Gasteiger partial charge in [0.15, 0.2) is 17.7 Å². The SMILES string of the molecule is COc1cc(C(=O)O[C@H](C)/C(O)=C(\C#N)c2nc3ccccc3[nH]2)ccc1C. The van der Waals surface area contributed by atoms with Crippen LogP contribution in [0.25, 0.3) is 16.6 Å². The van der Waals surface area contributed by atoms with Gasteiger partial charge in [0.2, 0.25) is 0 Å². The van der Waals surface area contributed by atoms with Crippen LogP contribution in [0.2, 0.25) is 0 Å². The number of H-pyrrole nitrogens is 1. The second-order valence-electron chi connectivity index (χ2n) is 6.21. The molecule has 0 aliphatic heterocycles. The fourth-order valence-corrected chi connectivity index (χ4v) is 2.74. The molecular weight excluding hydrogens is 358 g/mol. The summed E-state index contributed by atoms with van der Waals surface area (Å²) in [4.78, 5) is 19.7. The van der Waals surface area contributed by atoms with Crippen LogP contribution in [-0.4, -0.2) is 34.3 Å². The number of nitrogens with one attached hydrogen (secondary N) is 1. The number of aromatic amines is 1. The lowest BCUT2D eigenvalue weighted by atomic mass is 10.1. The summed E-state index contributed by atoms with van der Waals surface area (Å²) in [5.41, 5.74) is 2.47. The molecule has 1 aromatic heterocycles. The summed E-state index contributed by atoms with van der Waals surface area (Å²) in [6.07, 6.45) is -1.04. The zero-order valence-electron chi connectivity index (χ0n) is 15.7. The van der Waals surface area contributed by atoms with E-state index in [1.54, 1.807) is 24.3 Å². The fourth-order valence-electron chi connectivity index (χ4n) is 2.74. The minimum Gasteiger partial charge on any atom is -0.507 e. The van der Waals surface area contributed by atoms with Crippen LogP contribution in [0.1, 0.15) is 28.7 Å². The van der Waals surface area contributed by atoms with E-state index in [0.717, 1.165) is 11.1 Å².